The average Bonchev–Trinajstić information content (AvgIpc) is 3.24. The molecule has 0 aromatic heterocycles. The van der Waals surface area contributed by atoms with Crippen LogP contribution in [0, 0.1) is 0 Å². The Morgan fingerprint density at radius 2 is 1.74 bits per heavy atom. The predicted octanol–water partition coefficient (Wildman–Crippen LogP) is 1.14. The highest BCUT2D eigenvalue weighted by molar-refractivity contribution is 7.96. The van der Waals surface area contributed by atoms with Crippen molar-refractivity contribution in [2.45, 2.75) is 22.7 Å². The summed E-state index contributed by atoms with van der Waals surface area (Å²) in [6, 6.07) is 12.7. The van der Waals surface area contributed by atoms with Gasteiger partial charge in [0, 0.05) is 12.6 Å². The molecule has 2 aliphatic rings. The predicted molar refractivity (Wildman–Crippen MR) is 99.3 cm³/mol. The first kappa shape index (κ1) is 18.3. The molecule has 0 bridgehead atoms. The summed E-state index contributed by atoms with van der Waals surface area (Å²) in [5.41, 5.74) is 0.861. The molecule has 1 N–H and O–H groups in total. The Hall–Kier alpha value is -2.10. The van der Waals surface area contributed by atoms with Crippen molar-refractivity contribution in [3.8, 4) is 11.5 Å². The maximum Gasteiger partial charge on any atom is 0.231 e. The number of fused-ring (bicyclic) bond motifs is 1. The van der Waals surface area contributed by atoms with Gasteiger partial charge in [-0.3, -0.25) is 0 Å². The van der Waals surface area contributed by atoms with Crippen LogP contribution in [0.15, 0.2) is 53.4 Å². The van der Waals surface area contributed by atoms with Gasteiger partial charge in [-0.2, -0.15) is 0 Å². The Balaban J connectivity index is 1.55. The van der Waals surface area contributed by atoms with E-state index in [1.165, 1.54) is 12.1 Å². The largest absolute Gasteiger partial charge is 0.454 e. The number of hydrogen-bond acceptors (Lipinski definition) is 7. The number of sulfone groups is 2. The number of nitrogens with one attached hydrogen (secondary N) is 1. The molecule has 0 saturated carbocycles. The summed E-state index contributed by atoms with van der Waals surface area (Å²) >= 11 is 0. The molecule has 2 heterocycles. The van der Waals surface area contributed by atoms with Gasteiger partial charge in [0.1, 0.15) is 0 Å². The molecule has 27 heavy (non-hydrogen) atoms. The van der Waals surface area contributed by atoms with Crippen LogP contribution >= 0.6 is 0 Å². The van der Waals surface area contributed by atoms with Crippen molar-refractivity contribution >= 4 is 19.7 Å². The second kappa shape index (κ2) is 6.81. The summed E-state index contributed by atoms with van der Waals surface area (Å²) in [6.07, 6.45) is 0. The van der Waals surface area contributed by atoms with Gasteiger partial charge in [-0.15, -0.1) is 0 Å². The molecule has 0 spiro atoms. The molecule has 9 heteroatoms. The van der Waals surface area contributed by atoms with Gasteiger partial charge < -0.3 is 14.8 Å². The van der Waals surface area contributed by atoms with Crippen LogP contribution in [0.5, 0.6) is 11.5 Å². The second-order valence-corrected chi connectivity index (χ2v) is 11.0. The molecular formula is C18H19NO6S2. The maximum atomic E-state index is 13.0. The van der Waals surface area contributed by atoms with E-state index in [0.717, 1.165) is 5.56 Å². The van der Waals surface area contributed by atoms with Crippen LogP contribution < -0.4 is 14.8 Å². The summed E-state index contributed by atoms with van der Waals surface area (Å²) in [4.78, 5) is 0.141. The molecule has 0 radical (unpaired) electrons. The minimum Gasteiger partial charge on any atom is -0.454 e. The molecule has 7 nitrogen and oxygen atoms in total. The first-order chi connectivity index (χ1) is 12.9. The van der Waals surface area contributed by atoms with Crippen molar-refractivity contribution in [3.63, 3.8) is 0 Å². The number of ether oxygens (including phenoxy) is 2. The third-order valence-corrected chi connectivity index (χ3v) is 8.94. The molecule has 2 aliphatic heterocycles. The SMILES string of the molecule is O=S1(=O)CC(NCc2ccc3c(c2)OCO3)C(S(=O)(=O)c2ccccc2)C1. The minimum absolute atomic E-state index is 0.141. The fourth-order valence-corrected chi connectivity index (χ4v) is 8.13. The number of benzene rings is 2. The second-order valence-electron chi connectivity index (χ2n) is 6.65. The van der Waals surface area contributed by atoms with Gasteiger partial charge in [0.25, 0.3) is 0 Å². The molecule has 0 amide bonds. The molecule has 4 rings (SSSR count). The van der Waals surface area contributed by atoms with Gasteiger partial charge >= 0.3 is 0 Å². The van der Waals surface area contributed by atoms with E-state index in [0.29, 0.717) is 18.0 Å². The van der Waals surface area contributed by atoms with Gasteiger partial charge in [-0.05, 0) is 29.8 Å². The Morgan fingerprint density at radius 3 is 2.52 bits per heavy atom. The van der Waals surface area contributed by atoms with Crippen molar-refractivity contribution in [1.29, 1.82) is 0 Å². The third-order valence-electron chi connectivity index (χ3n) is 4.78. The lowest BCUT2D eigenvalue weighted by atomic mass is 10.2. The molecule has 1 saturated heterocycles. The van der Waals surface area contributed by atoms with Gasteiger partial charge in [-0.25, -0.2) is 16.8 Å². The zero-order chi connectivity index (χ0) is 19.1. The lowest BCUT2D eigenvalue weighted by Crippen LogP contribution is -2.43. The summed E-state index contributed by atoms with van der Waals surface area (Å²) in [7, 11) is -7.20. The summed E-state index contributed by atoms with van der Waals surface area (Å²) in [5.74, 6) is 0.714. The highest BCUT2D eigenvalue weighted by Gasteiger charge is 2.45. The fraction of sp³-hybridized carbons (Fsp3) is 0.333. The topological polar surface area (TPSA) is 98.8 Å². The summed E-state index contributed by atoms with van der Waals surface area (Å²) in [5, 5.41) is 2.10. The number of rotatable bonds is 5. The lowest BCUT2D eigenvalue weighted by molar-refractivity contribution is 0.174. The van der Waals surface area contributed by atoms with Crippen molar-refractivity contribution in [2.24, 2.45) is 0 Å². The molecule has 2 unspecified atom stereocenters. The van der Waals surface area contributed by atoms with Crippen LogP contribution in [0.1, 0.15) is 5.56 Å². The van der Waals surface area contributed by atoms with Gasteiger partial charge in [0.2, 0.25) is 6.79 Å². The Kier molecular flexibility index (Phi) is 4.61. The lowest BCUT2D eigenvalue weighted by Gasteiger charge is -2.20. The Labute approximate surface area is 158 Å². The highest BCUT2D eigenvalue weighted by atomic mass is 32.2. The first-order valence-electron chi connectivity index (χ1n) is 8.46. The van der Waals surface area contributed by atoms with Crippen LogP contribution in [0.25, 0.3) is 0 Å². The van der Waals surface area contributed by atoms with Crippen molar-refractivity contribution in [2.75, 3.05) is 18.3 Å². The molecular weight excluding hydrogens is 390 g/mol. The zero-order valence-electron chi connectivity index (χ0n) is 14.4. The monoisotopic (exact) mass is 409 g/mol. The normalized spacial score (nSPS) is 23.4. The zero-order valence-corrected chi connectivity index (χ0v) is 16.0. The highest BCUT2D eigenvalue weighted by Crippen LogP contribution is 2.32. The van der Waals surface area contributed by atoms with Crippen LogP contribution in [0.4, 0.5) is 0 Å². The third kappa shape index (κ3) is 3.67. The van der Waals surface area contributed by atoms with Crippen molar-refractivity contribution < 1.29 is 26.3 Å². The van der Waals surface area contributed by atoms with E-state index in [9.17, 15) is 16.8 Å². The van der Waals surface area contributed by atoms with Crippen molar-refractivity contribution in [1.82, 2.24) is 5.32 Å². The molecule has 2 aromatic rings. The molecule has 1 fully saturated rings. The van der Waals surface area contributed by atoms with E-state index >= 15 is 0 Å². The van der Waals surface area contributed by atoms with Crippen molar-refractivity contribution in [3.05, 3.63) is 54.1 Å². The molecule has 0 aliphatic carbocycles. The summed E-state index contributed by atoms with van der Waals surface area (Å²) in [6.45, 7) is 0.502. The van der Waals surface area contributed by atoms with Gasteiger partial charge in [0.05, 0.1) is 21.7 Å². The summed E-state index contributed by atoms with van der Waals surface area (Å²) < 4.78 is 60.8. The van der Waals surface area contributed by atoms with E-state index in [4.69, 9.17) is 9.47 Å². The average molecular weight is 409 g/mol. The van der Waals surface area contributed by atoms with Gasteiger partial charge in [-0.1, -0.05) is 24.3 Å². The Bertz CT molecular complexity index is 1050. The minimum atomic E-state index is -3.76. The molecule has 144 valence electrons. The quantitative estimate of drug-likeness (QED) is 0.791. The molecule has 2 atom stereocenters. The van der Waals surface area contributed by atoms with E-state index in [2.05, 4.69) is 5.32 Å². The van der Waals surface area contributed by atoms with Crippen LogP contribution in [0.2, 0.25) is 0 Å². The first-order valence-corrected chi connectivity index (χ1v) is 11.8. The van der Waals surface area contributed by atoms with Crippen LogP contribution in [-0.4, -0.2) is 46.4 Å². The molecule has 2 aromatic carbocycles. The number of hydrogen-bond donors (Lipinski definition) is 1. The smallest absolute Gasteiger partial charge is 0.231 e. The van der Waals surface area contributed by atoms with Crippen LogP contribution in [0.3, 0.4) is 0 Å². The van der Waals surface area contributed by atoms with E-state index in [-0.39, 0.29) is 23.2 Å². The fourth-order valence-electron chi connectivity index (χ4n) is 3.40. The maximum absolute atomic E-state index is 13.0. The van der Waals surface area contributed by atoms with Gasteiger partial charge in [0.15, 0.2) is 31.2 Å². The standard InChI is InChI=1S/C18H19NO6S2/c20-26(21)10-15(18(11-26)27(22,23)14-4-2-1-3-5-14)19-9-13-6-7-16-17(8-13)25-12-24-16/h1-8,15,18-19H,9-12H2. The Morgan fingerprint density at radius 1 is 1.00 bits per heavy atom. The van der Waals surface area contributed by atoms with E-state index in [1.807, 2.05) is 6.07 Å². The van der Waals surface area contributed by atoms with E-state index in [1.54, 1.807) is 30.3 Å². The van der Waals surface area contributed by atoms with E-state index < -0.39 is 31.0 Å². The van der Waals surface area contributed by atoms with Crippen LogP contribution in [-0.2, 0) is 26.2 Å².